The number of hydrogen-bond acceptors (Lipinski definition) is 2. The normalized spacial score (nSPS) is 36.2. The lowest BCUT2D eigenvalue weighted by atomic mass is 9.73. The maximum atomic E-state index is 9.30. The number of piperidine rings is 1. The molecule has 1 heterocycles. The number of aliphatic hydroxyl groups excluding tert-OH is 1. The first kappa shape index (κ1) is 11.0. The molecule has 0 aromatic carbocycles. The van der Waals surface area contributed by atoms with E-state index in [-0.39, 0.29) is 5.41 Å². The van der Waals surface area contributed by atoms with E-state index >= 15 is 0 Å². The molecule has 0 aromatic heterocycles. The predicted octanol–water partition coefficient (Wildman–Crippen LogP) is 1.64. The van der Waals surface area contributed by atoms with Gasteiger partial charge in [-0.1, -0.05) is 27.7 Å². The minimum Gasteiger partial charge on any atom is -0.396 e. The molecular formula is C11H23NO. The van der Waals surface area contributed by atoms with Crippen molar-refractivity contribution in [2.24, 2.45) is 17.3 Å². The Morgan fingerprint density at radius 1 is 1.38 bits per heavy atom. The first-order valence-electron chi connectivity index (χ1n) is 5.29. The molecule has 0 saturated carbocycles. The lowest BCUT2D eigenvalue weighted by Gasteiger charge is -2.42. The van der Waals surface area contributed by atoms with E-state index in [1.807, 2.05) is 0 Å². The van der Waals surface area contributed by atoms with Gasteiger partial charge in [0.15, 0.2) is 0 Å². The Labute approximate surface area is 81.7 Å². The summed E-state index contributed by atoms with van der Waals surface area (Å²) in [6.45, 7) is 10.4. The lowest BCUT2D eigenvalue weighted by molar-refractivity contribution is 0.0791. The Bertz CT molecular complexity index is 162. The minimum atomic E-state index is 0.257. The molecular weight excluding hydrogens is 162 g/mol. The van der Waals surface area contributed by atoms with Gasteiger partial charge < -0.3 is 10.4 Å². The molecule has 0 aliphatic carbocycles. The molecule has 2 nitrogen and oxygen atoms in total. The van der Waals surface area contributed by atoms with Gasteiger partial charge in [-0.2, -0.15) is 0 Å². The average Bonchev–Trinajstić information content (AvgIpc) is 2.01. The molecule has 1 saturated heterocycles. The van der Waals surface area contributed by atoms with Crippen LogP contribution in [0.3, 0.4) is 0 Å². The topological polar surface area (TPSA) is 32.3 Å². The van der Waals surface area contributed by atoms with Gasteiger partial charge in [-0.15, -0.1) is 0 Å². The van der Waals surface area contributed by atoms with Gasteiger partial charge in [0.2, 0.25) is 0 Å². The Balaban J connectivity index is 2.63. The Morgan fingerprint density at radius 3 is 2.46 bits per heavy atom. The van der Waals surface area contributed by atoms with E-state index in [1.54, 1.807) is 0 Å². The Morgan fingerprint density at radius 2 is 2.00 bits per heavy atom. The smallest absolute Gasteiger partial charge is 0.0474 e. The number of nitrogens with one attached hydrogen (secondary N) is 1. The van der Waals surface area contributed by atoms with Crippen LogP contribution < -0.4 is 5.32 Å². The Hall–Kier alpha value is -0.0800. The third-order valence-electron chi connectivity index (χ3n) is 3.03. The van der Waals surface area contributed by atoms with Crippen LogP contribution in [-0.4, -0.2) is 24.3 Å². The summed E-state index contributed by atoms with van der Waals surface area (Å²) in [5.74, 6) is 1.14. The average molecular weight is 185 g/mol. The lowest BCUT2D eigenvalue weighted by Crippen LogP contribution is -2.52. The van der Waals surface area contributed by atoms with Crippen LogP contribution in [0.25, 0.3) is 0 Å². The molecule has 0 aromatic rings. The van der Waals surface area contributed by atoms with Crippen LogP contribution >= 0.6 is 0 Å². The maximum Gasteiger partial charge on any atom is 0.0474 e. The van der Waals surface area contributed by atoms with E-state index in [4.69, 9.17) is 0 Å². The van der Waals surface area contributed by atoms with Crippen molar-refractivity contribution in [3.63, 3.8) is 0 Å². The highest BCUT2D eigenvalue weighted by Gasteiger charge is 2.35. The molecule has 1 rings (SSSR count). The van der Waals surface area contributed by atoms with Gasteiger partial charge in [0, 0.05) is 12.6 Å². The van der Waals surface area contributed by atoms with Crippen molar-refractivity contribution in [2.45, 2.75) is 40.2 Å². The van der Waals surface area contributed by atoms with Crippen LogP contribution in [0.1, 0.15) is 34.1 Å². The largest absolute Gasteiger partial charge is 0.396 e. The summed E-state index contributed by atoms with van der Waals surface area (Å²) in [5, 5.41) is 12.9. The highest BCUT2D eigenvalue weighted by atomic mass is 16.3. The molecule has 3 atom stereocenters. The van der Waals surface area contributed by atoms with Gasteiger partial charge in [-0.25, -0.2) is 0 Å². The zero-order valence-electron chi connectivity index (χ0n) is 9.30. The Kier molecular flexibility index (Phi) is 3.36. The van der Waals surface area contributed by atoms with Crippen molar-refractivity contribution in [3.8, 4) is 0 Å². The summed E-state index contributed by atoms with van der Waals surface area (Å²) in [4.78, 5) is 0. The summed E-state index contributed by atoms with van der Waals surface area (Å²) >= 11 is 0. The molecule has 2 N–H and O–H groups in total. The molecule has 1 aliphatic heterocycles. The van der Waals surface area contributed by atoms with Crippen LogP contribution in [-0.2, 0) is 0 Å². The fourth-order valence-corrected chi connectivity index (χ4v) is 2.42. The fourth-order valence-electron chi connectivity index (χ4n) is 2.42. The van der Waals surface area contributed by atoms with E-state index in [0.717, 1.165) is 13.0 Å². The quantitative estimate of drug-likeness (QED) is 0.651. The summed E-state index contributed by atoms with van der Waals surface area (Å²) < 4.78 is 0. The highest BCUT2D eigenvalue weighted by Crippen LogP contribution is 2.31. The minimum absolute atomic E-state index is 0.257. The van der Waals surface area contributed by atoms with Gasteiger partial charge in [0.25, 0.3) is 0 Å². The van der Waals surface area contributed by atoms with E-state index in [0.29, 0.717) is 24.5 Å². The molecule has 0 spiro atoms. The van der Waals surface area contributed by atoms with Crippen LogP contribution in [0.4, 0.5) is 0 Å². The predicted molar refractivity (Wildman–Crippen MR) is 55.6 cm³/mol. The first-order chi connectivity index (χ1) is 5.95. The second-order valence-electron chi connectivity index (χ2n) is 5.54. The summed E-state index contributed by atoms with van der Waals surface area (Å²) in [6, 6.07) is 0.466. The van der Waals surface area contributed by atoms with Gasteiger partial charge in [0.1, 0.15) is 0 Å². The van der Waals surface area contributed by atoms with E-state index in [1.165, 1.54) is 0 Å². The molecule has 0 bridgehead atoms. The number of rotatable bonds is 1. The third-order valence-corrected chi connectivity index (χ3v) is 3.03. The van der Waals surface area contributed by atoms with Gasteiger partial charge in [-0.3, -0.25) is 0 Å². The molecule has 1 fully saturated rings. The number of aliphatic hydroxyl groups is 1. The van der Waals surface area contributed by atoms with E-state index in [2.05, 4.69) is 33.0 Å². The van der Waals surface area contributed by atoms with Gasteiger partial charge in [-0.05, 0) is 30.2 Å². The van der Waals surface area contributed by atoms with Crippen molar-refractivity contribution in [3.05, 3.63) is 0 Å². The standard InChI is InChI=1S/C11H23NO/c1-8-5-9(7-13)10(12-6-8)11(2,3)4/h8-10,12-13H,5-7H2,1-4H3. The van der Waals surface area contributed by atoms with E-state index < -0.39 is 0 Å². The SMILES string of the molecule is CC1CNC(C(C)(C)C)C(CO)C1. The zero-order chi connectivity index (χ0) is 10.1. The van der Waals surface area contributed by atoms with Crippen molar-refractivity contribution < 1.29 is 5.11 Å². The van der Waals surface area contributed by atoms with Gasteiger partial charge >= 0.3 is 0 Å². The molecule has 78 valence electrons. The molecule has 2 heteroatoms. The third kappa shape index (κ3) is 2.68. The molecule has 1 aliphatic rings. The molecule has 0 radical (unpaired) electrons. The second-order valence-corrected chi connectivity index (χ2v) is 5.54. The van der Waals surface area contributed by atoms with Crippen molar-refractivity contribution >= 4 is 0 Å². The molecule has 13 heavy (non-hydrogen) atoms. The van der Waals surface area contributed by atoms with Gasteiger partial charge in [0.05, 0.1) is 0 Å². The second kappa shape index (κ2) is 3.97. The first-order valence-corrected chi connectivity index (χ1v) is 5.29. The fraction of sp³-hybridized carbons (Fsp3) is 1.00. The summed E-state index contributed by atoms with van der Waals surface area (Å²) in [7, 11) is 0. The zero-order valence-corrected chi connectivity index (χ0v) is 9.30. The monoisotopic (exact) mass is 185 g/mol. The van der Waals surface area contributed by atoms with Crippen molar-refractivity contribution in [1.82, 2.24) is 5.32 Å². The van der Waals surface area contributed by atoms with Crippen molar-refractivity contribution in [2.75, 3.05) is 13.2 Å². The molecule has 3 unspecified atom stereocenters. The van der Waals surface area contributed by atoms with Crippen LogP contribution in [0, 0.1) is 17.3 Å². The highest BCUT2D eigenvalue weighted by molar-refractivity contribution is 4.91. The summed E-state index contributed by atoms with van der Waals surface area (Å²) in [5.41, 5.74) is 0.257. The van der Waals surface area contributed by atoms with Crippen LogP contribution in [0.5, 0.6) is 0 Å². The van der Waals surface area contributed by atoms with Crippen LogP contribution in [0.15, 0.2) is 0 Å². The van der Waals surface area contributed by atoms with E-state index in [9.17, 15) is 5.11 Å². The maximum absolute atomic E-state index is 9.30. The van der Waals surface area contributed by atoms with Crippen molar-refractivity contribution in [1.29, 1.82) is 0 Å². The molecule has 0 amide bonds. The number of hydrogen-bond donors (Lipinski definition) is 2. The van der Waals surface area contributed by atoms with Crippen LogP contribution in [0.2, 0.25) is 0 Å². The summed E-state index contributed by atoms with van der Waals surface area (Å²) in [6.07, 6.45) is 1.16.